The summed E-state index contributed by atoms with van der Waals surface area (Å²) >= 11 is 0. The van der Waals surface area contributed by atoms with Crippen molar-refractivity contribution >= 4 is 0 Å². The molecule has 0 N–H and O–H groups in total. The maximum atomic E-state index is 4.76. The Kier molecular flexibility index (Phi) is 4.29. The second kappa shape index (κ2) is 7.05. The van der Waals surface area contributed by atoms with Crippen LogP contribution in [0.4, 0.5) is 0 Å². The van der Waals surface area contributed by atoms with Crippen molar-refractivity contribution in [3.05, 3.63) is 84.9 Å². The van der Waals surface area contributed by atoms with Crippen LogP contribution in [0.1, 0.15) is 5.56 Å². The third-order valence-electron chi connectivity index (χ3n) is 4.00. The minimum Gasteiger partial charge on any atom is -0.265 e. The van der Waals surface area contributed by atoms with E-state index in [0.29, 0.717) is 5.82 Å². The molecule has 1 aromatic carbocycles. The van der Waals surface area contributed by atoms with E-state index >= 15 is 0 Å². The van der Waals surface area contributed by atoms with Gasteiger partial charge in [0.2, 0.25) is 0 Å². The van der Waals surface area contributed by atoms with Crippen LogP contribution in [0.15, 0.2) is 79.4 Å². The van der Waals surface area contributed by atoms with Crippen LogP contribution in [0.2, 0.25) is 0 Å². The molecular formula is C20H17N5. The molecule has 0 bridgehead atoms. The first-order valence-corrected chi connectivity index (χ1v) is 8.20. The molecule has 0 aliphatic rings. The smallest absolute Gasteiger partial charge is 0.181 e. The average molecular weight is 327 g/mol. The van der Waals surface area contributed by atoms with E-state index in [1.54, 1.807) is 24.8 Å². The molecule has 0 saturated carbocycles. The average Bonchev–Trinajstić information content (AvgIpc) is 3.13. The second-order valence-corrected chi connectivity index (χ2v) is 5.69. The van der Waals surface area contributed by atoms with E-state index in [4.69, 9.17) is 10.1 Å². The summed E-state index contributed by atoms with van der Waals surface area (Å²) in [6, 6.07) is 18.2. The van der Waals surface area contributed by atoms with Crippen LogP contribution >= 0.6 is 0 Å². The van der Waals surface area contributed by atoms with Crippen LogP contribution in [0, 0.1) is 0 Å². The molecule has 0 radical (unpaired) electrons. The van der Waals surface area contributed by atoms with Crippen LogP contribution < -0.4 is 0 Å². The predicted molar refractivity (Wildman–Crippen MR) is 96.6 cm³/mol. The van der Waals surface area contributed by atoms with E-state index in [1.807, 2.05) is 35.0 Å². The zero-order valence-electron chi connectivity index (χ0n) is 13.7. The minimum absolute atomic E-state index is 0.710. The maximum Gasteiger partial charge on any atom is 0.181 e. The van der Waals surface area contributed by atoms with Crippen molar-refractivity contribution in [2.24, 2.45) is 0 Å². The maximum absolute atomic E-state index is 4.76. The van der Waals surface area contributed by atoms with Crippen molar-refractivity contribution in [2.45, 2.75) is 13.0 Å². The molecule has 3 aromatic heterocycles. The number of aryl methyl sites for hydroxylation is 2. The number of benzene rings is 1. The largest absolute Gasteiger partial charge is 0.265 e. The molecule has 0 unspecified atom stereocenters. The summed E-state index contributed by atoms with van der Waals surface area (Å²) in [5, 5.41) is 4.73. The van der Waals surface area contributed by atoms with Crippen molar-refractivity contribution < 1.29 is 0 Å². The van der Waals surface area contributed by atoms with Gasteiger partial charge in [-0.1, -0.05) is 30.3 Å². The number of rotatable bonds is 5. The molecule has 5 nitrogen and oxygen atoms in total. The summed E-state index contributed by atoms with van der Waals surface area (Å²) in [4.78, 5) is 12.9. The van der Waals surface area contributed by atoms with Gasteiger partial charge in [0.25, 0.3) is 0 Å². The number of aromatic nitrogens is 5. The third kappa shape index (κ3) is 3.45. The SMILES string of the molecule is c1ccc(CCn2nc(-c3ccncc3)nc2-c2ccncc2)cc1. The lowest BCUT2D eigenvalue weighted by atomic mass is 10.1. The molecule has 0 amide bonds. The summed E-state index contributed by atoms with van der Waals surface area (Å²) < 4.78 is 1.97. The highest BCUT2D eigenvalue weighted by atomic mass is 15.3. The van der Waals surface area contributed by atoms with E-state index in [2.05, 4.69) is 34.2 Å². The van der Waals surface area contributed by atoms with Crippen LogP contribution in [-0.4, -0.2) is 24.7 Å². The molecular weight excluding hydrogens is 310 g/mol. The topological polar surface area (TPSA) is 56.5 Å². The highest BCUT2D eigenvalue weighted by Crippen LogP contribution is 2.22. The lowest BCUT2D eigenvalue weighted by molar-refractivity contribution is 0.622. The van der Waals surface area contributed by atoms with Gasteiger partial charge in [0.15, 0.2) is 11.6 Å². The van der Waals surface area contributed by atoms with Gasteiger partial charge in [-0.2, -0.15) is 5.10 Å². The molecule has 4 aromatic rings. The standard InChI is InChI=1S/C20H17N5/c1-2-4-16(5-3-1)10-15-25-20(18-8-13-22-14-9-18)23-19(24-25)17-6-11-21-12-7-17/h1-9,11-14H,10,15H2. The van der Waals surface area contributed by atoms with Crippen molar-refractivity contribution in [1.82, 2.24) is 24.7 Å². The Hall–Kier alpha value is -3.34. The van der Waals surface area contributed by atoms with Gasteiger partial charge in [-0.15, -0.1) is 0 Å². The van der Waals surface area contributed by atoms with Gasteiger partial charge in [-0.3, -0.25) is 9.97 Å². The van der Waals surface area contributed by atoms with Gasteiger partial charge >= 0.3 is 0 Å². The van der Waals surface area contributed by atoms with E-state index in [9.17, 15) is 0 Å². The van der Waals surface area contributed by atoms with Gasteiger partial charge in [0, 0.05) is 42.5 Å². The summed E-state index contributed by atoms with van der Waals surface area (Å²) in [5.41, 5.74) is 3.25. The zero-order valence-corrected chi connectivity index (χ0v) is 13.7. The molecule has 3 heterocycles. The Morgan fingerprint density at radius 3 is 2.04 bits per heavy atom. The van der Waals surface area contributed by atoms with Crippen LogP contribution in [0.25, 0.3) is 22.8 Å². The van der Waals surface area contributed by atoms with Crippen LogP contribution in [-0.2, 0) is 13.0 Å². The van der Waals surface area contributed by atoms with E-state index in [-0.39, 0.29) is 0 Å². The van der Waals surface area contributed by atoms with E-state index < -0.39 is 0 Å². The molecule has 0 fully saturated rings. The first kappa shape index (κ1) is 15.2. The first-order chi connectivity index (χ1) is 12.4. The number of nitrogens with zero attached hydrogens (tertiary/aromatic N) is 5. The Bertz CT molecular complexity index is 934. The summed E-state index contributed by atoms with van der Waals surface area (Å²) in [7, 11) is 0. The van der Waals surface area contributed by atoms with Gasteiger partial charge in [-0.05, 0) is 36.2 Å². The molecule has 5 heteroatoms. The van der Waals surface area contributed by atoms with Crippen molar-refractivity contribution in [1.29, 1.82) is 0 Å². The first-order valence-electron chi connectivity index (χ1n) is 8.20. The van der Waals surface area contributed by atoms with Crippen molar-refractivity contribution in [3.63, 3.8) is 0 Å². The molecule has 0 saturated heterocycles. The van der Waals surface area contributed by atoms with Gasteiger partial charge in [0.1, 0.15) is 0 Å². The highest BCUT2D eigenvalue weighted by Gasteiger charge is 2.13. The molecule has 0 spiro atoms. The fourth-order valence-corrected chi connectivity index (χ4v) is 2.72. The number of hydrogen-bond acceptors (Lipinski definition) is 4. The van der Waals surface area contributed by atoms with E-state index in [0.717, 1.165) is 29.9 Å². The van der Waals surface area contributed by atoms with Crippen LogP contribution in [0.3, 0.4) is 0 Å². The Morgan fingerprint density at radius 1 is 0.720 bits per heavy atom. The lowest BCUT2D eigenvalue weighted by Gasteiger charge is -2.06. The summed E-state index contributed by atoms with van der Waals surface area (Å²) in [6.07, 6.45) is 7.96. The lowest BCUT2D eigenvalue weighted by Crippen LogP contribution is -2.05. The summed E-state index contributed by atoms with van der Waals surface area (Å²) in [6.45, 7) is 0.764. The molecule has 25 heavy (non-hydrogen) atoms. The Balaban J connectivity index is 1.69. The molecule has 0 aliphatic heterocycles. The fourth-order valence-electron chi connectivity index (χ4n) is 2.72. The second-order valence-electron chi connectivity index (χ2n) is 5.69. The molecule has 0 aliphatic carbocycles. The van der Waals surface area contributed by atoms with Gasteiger partial charge in [-0.25, -0.2) is 9.67 Å². The van der Waals surface area contributed by atoms with Gasteiger partial charge in [0.05, 0.1) is 0 Å². The number of pyridine rings is 2. The fraction of sp³-hybridized carbons (Fsp3) is 0.100. The normalized spacial score (nSPS) is 10.7. The zero-order chi connectivity index (χ0) is 16.9. The van der Waals surface area contributed by atoms with Gasteiger partial charge < -0.3 is 0 Å². The highest BCUT2D eigenvalue weighted by molar-refractivity contribution is 5.60. The van der Waals surface area contributed by atoms with Crippen LogP contribution in [0.5, 0.6) is 0 Å². The molecule has 122 valence electrons. The minimum atomic E-state index is 0.710. The monoisotopic (exact) mass is 327 g/mol. The third-order valence-corrected chi connectivity index (χ3v) is 4.00. The Morgan fingerprint density at radius 2 is 1.36 bits per heavy atom. The predicted octanol–water partition coefficient (Wildman–Crippen LogP) is 3.64. The quantitative estimate of drug-likeness (QED) is 0.561. The molecule has 0 atom stereocenters. The Labute approximate surface area is 146 Å². The van der Waals surface area contributed by atoms with Crippen molar-refractivity contribution in [2.75, 3.05) is 0 Å². The van der Waals surface area contributed by atoms with Crippen molar-refractivity contribution in [3.8, 4) is 22.8 Å². The molecule has 4 rings (SSSR count). The van der Waals surface area contributed by atoms with E-state index in [1.165, 1.54) is 5.56 Å². The summed E-state index contributed by atoms with van der Waals surface area (Å²) in [5.74, 6) is 1.56. The number of hydrogen-bond donors (Lipinski definition) is 0.